The van der Waals surface area contributed by atoms with Crippen molar-refractivity contribution in [2.24, 2.45) is 0 Å². The lowest BCUT2D eigenvalue weighted by Gasteiger charge is -2.04. The zero-order valence-corrected chi connectivity index (χ0v) is 10.7. The standard InChI is InChI=1S/C12H9N3O3S/c1-18-8-4-2-3-7(5-8)9-6-19-12-14-13-10(11(16)17)15(9)12/h2-6H,1H3,(H,16,17). The van der Waals surface area contributed by atoms with Crippen LogP contribution in [-0.2, 0) is 0 Å². The Hall–Kier alpha value is -2.41. The van der Waals surface area contributed by atoms with E-state index >= 15 is 0 Å². The van der Waals surface area contributed by atoms with Crippen LogP contribution in [0.2, 0.25) is 0 Å². The first-order chi connectivity index (χ1) is 9.20. The monoisotopic (exact) mass is 275 g/mol. The van der Waals surface area contributed by atoms with E-state index in [1.807, 2.05) is 29.6 Å². The predicted molar refractivity (Wildman–Crippen MR) is 69.8 cm³/mol. The summed E-state index contributed by atoms with van der Waals surface area (Å²) < 4.78 is 6.70. The van der Waals surface area contributed by atoms with Crippen molar-refractivity contribution in [3.05, 3.63) is 35.5 Å². The van der Waals surface area contributed by atoms with Crippen LogP contribution >= 0.6 is 11.3 Å². The molecule has 0 fully saturated rings. The summed E-state index contributed by atoms with van der Waals surface area (Å²) in [4.78, 5) is 11.7. The molecule has 2 aromatic heterocycles. The Bertz CT molecular complexity index is 763. The highest BCUT2D eigenvalue weighted by Gasteiger charge is 2.18. The van der Waals surface area contributed by atoms with E-state index in [0.29, 0.717) is 10.7 Å². The second-order valence-electron chi connectivity index (χ2n) is 3.80. The molecule has 0 saturated carbocycles. The van der Waals surface area contributed by atoms with Gasteiger partial charge in [0.05, 0.1) is 12.8 Å². The molecular formula is C12H9N3O3S. The van der Waals surface area contributed by atoms with E-state index < -0.39 is 5.97 Å². The van der Waals surface area contributed by atoms with Crippen molar-refractivity contribution in [3.8, 4) is 17.0 Å². The highest BCUT2D eigenvalue weighted by molar-refractivity contribution is 7.15. The van der Waals surface area contributed by atoms with E-state index in [0.717, 1.165) is 11.3 Å². The Balaban J connectivity index is 2.24. The molecule has 3 rings (SSSR count). The molecule has 0 radical (unpaired) electrons. The normalized spacial score (nSPS) is 10.8. The van der Waals surface area contributed by atoms with Crippen LogP contribution in [0.15, 0.2) is 29.6 Å². The summed E-state index contributed by atoms with van der Waals surface area (Å²) in [5.41, 5.74) is 1.59. The molecule has 3 aromatic rings. The number of thiazole rings is 1. The van der Waals surface area contributed by atoms with E-state index in [4.69, 9.17) is 9.84 Å². The van der Waals surface area contributed by atoms with Gasteiger partial charge in [-0.1, -0.05) is 12.1 Å². The Kier molecular flexibility index (Phi) is 2.68. The molecule has 0 aliphatic rings. The van der Waals surface area contributed by atoms with Gasteiger partial charge in [-0.2, -0.15) is 0 Å². The van der Waals surface area contributed by atoms with Crippen molar-refractivity contribution in [1.29, 1.82) is 0 Å². The molecule has 1 N–H and O–H groups in total. The minimum absolute atomic E-state index is 0.0888. The van der Waals surface area contributed by atoms with E-state index in [2.05, 4.69) is 10.2 Å². The summed E-state index contributed by atoms with van der Waals surface area (Å²) in [6.45, 7) is 0. The first-order valence-electron chi connectivity index (χ1n) is 5.41. The first kappa shape index (κ1) is 11.7. The summed E-state index contributed by atoms with van der Waals surface area (Å²) >= 11 is 1.35. The second kappa shape index (κ2) is 4.36. The molecule has 19 heavy (non-hydrogen) atoms. The van der Waals surface area contributed by atoms with Crippen molar-refractivity contribution in [1.82, 2.24) is 14.6 Å². The van der Waals surface area contributed by atoms with Gasteiger partial charge >= 0.3 is 5.97 Å². The zero-order valence-electron chi connectivity index (χ0n) is 9.90. The average Bonchev–Trinajstić information content (AvgIpc) is 2.99. The van der Waals surface area contributed by atoms with Gasteiger partial charge in [0, 0.05) is 10.9 Å². The van der Waals surface area contributed by atoms with Gasteiger partial charge in [0.1, 0.15) is 5.75 Å². The third-order valence-corrected chi connectivity index (χ3v) is 3.52. The number of rotatable bonds is 3. The van der Waals surface area contributed by atoms with E-state index in [-0.39, 0.29) is 5.82 Å². The molecule has 7 heteroatoms. The highest BCUT2D eigenvalue weighted by Crippen LogP contribution is 2.28. The molecule has 0 amide bonds. The molecular weight excluding hydrogens is 266 g/mol. The largest absolute Gasteiger partial charge is 0.497 e. The minimum atomic E-state index is -1.10. The van der Waals surface area contributed by atoms with Gasteiger partial charge in [0.2, 0.25) is 10.8 Å². The van der Waals surface area contributed by atoms with Crippen LogP contribution in [0, 0.1) is 0 Å². The van der Waals surface area contributed by atoms with Gasteiger partial charge < -0.3 is 9.84 Å². The maximum absolute atomic E-state index is 11.1. The number of nitrogens with zero attached hydrogens (tertiary/aromatic N) is 3. The van der Waals surface area contributed by atoms with Gasteiger partial charge in [-0.05, 0) is 12.1 Å². The number of aromatic nitrogens is 3. The van der Waals surface area contributed by atoms with Crippen molar-refractivity contribution in [2.75, 3.05) is 7.11 Å². The molecule has 1 aromatic carbocycles. The molecule has 0 saturated heterocycles. The SMILES string of the molecule is COc1cccc(-c2csc3nnc(C(=O)O)n23)c1. The molecule has 0 bridgehead atoms. The molecule has 0 aliphatic carbocycles. The number of carbonyl (C=O) groups is 1. The first-order valence-corrected chi connectivity index (χ1v) is 6.29. The third kappa shape index (κ3) is 1.84. The number of hydrogen-bond acceptors (Lipinski definition) is 5. The number of aromatic carboxylic acids is 1. The summed E-state index contributed by atoms with van der Waals surface area (Å²) in [7, 11) is 1.59. The lowest BCUT2D eigenvalue weighted by Crippen LogP contribution is -2.04. The number of ether oxygens (including phenoxy) is 1. The molecule has 6 nitrogen and oxygen atoms in total. The fourth-order valence-corrected chi connectivity index (χ4v) is 2.68. The molecule has 0 spiro atoms. The van der Waals surface area contributed by atoms with Crippen molar-refractivity contribution >= 4 is 22.3 Å². The van der Waals surface area contributed by atoms with Gasteiger partial charge in [0.15, 0.2) is 0 Å². The van der Waals surface area contributed by atoms with E-state index in [1.165, 1.54) is 15.7 Å². The van der Waals surface area contributed by atoms with Crippen LogP contribution < -0.4 is 4.74 Å². The van der Waals surface area contributed by atoms with Gasteiger partial charge in [0.25, 0.3) is 0 Å². The maximum Gasteiger partial charge on any atom is 0.374 e. The fraction of sp³-hybridized carbons (Fsp3) is 0.0833. The topological polar surface area (TPSA) is 76.7 Å². The van der Waals surface area contributed by atoms with Crippen LogP contribution in [-0.4, -0.2) is 32.8 Å². The Morgan fingerprint density at radius 2 is 2.26 bits per heavy atom. The van der Waals surface area contributed by atoms with Gasteiger partial charge in [-0.25, -0.2) is 4.79 Å². The van der Waals surface area contributed by atoms with Gasteiger partial charge in [-0.15, -0.1) is 21.5 Å². The number of carboxylic acid groups (broad SMARTS) is 1. The summed E-state index contributed by atoms with van der Waals surface area (Å²) in [6.07, 6.45) is 0. The van der Waals surface area contributed by atoms with Crippen LogP contribution in [0.4, 0.5) is 0 Å². The Morgan fingerprint density at radius 3 is 3.00 bits per heavy atom. The molecule has 96 valence electrons. The maximum atomic E-state index is 11.1. The molecule has 0 aliphatic heterocycles. The van der Waals surface area contributed by atoms with Crippen LogP contribution in [0.1, 0.15) is 10.6 Å². The number of carboxylic acids is 1. The summed E-state index contributed by atoms with van der Waals surface area (Å²) in [6, 6.07) is 7.41. The lowest BCUT2D eigenvalue weighted by atomic mass is 10.1. The number of benzene rings is 1. The zero-order chi connectivity index (χ0) is 13.4. The van der Waals surface area contributed by atoms with Crippen LogP contribution in [0.5, 0.6) is 5.75 Å². The van der Waals surface area contributed by atoms with Crippen LogP contribution in [0.3, 0.4) is 0 Å². The average molecular weight is 275 g/mol. The summed E-state index contributed by atoms with van der Waals surface area (Å²) in [5, 5.41) is 18.5. The minimum Gasteiger partial charge on any atom is -0.497 e. The van der Waals surface area contributed by atoms with Crippen molar-refractivity contribution in [2.45, 2.75) is 0 Å². The third-order valence-electron chi connectivity index (χ3n) is 2.71. The quantitative estimate of drug-likeness (QED) is 0.792. The van der Waals surface area contributed by atoms with Crippen molar-refractivity contribution < 1.29 is 14.6 Å². The highest BCUT2D eigenvalue weighted by atomic mass is 32.1. The number of hydrogen-bond donors (Lipinski definition) is 1. The van der Waals surface area contributed by atoms with E-state index in [1.54, 1.807) is 7.11 Å². The predicted octanol–water partition coefficient (Wildman–Crippen LogP) is 2.16. The Labute approximate surface area is 111 Å². The lowest BCUT2D eigenvalue weighted by molar-refractivity contribution is 0.0682. The van der Waals surface area contributed by atoms with Crippen molar-refractivity contribution in [3.63, 3.8) is 0 Å². The summed E-state index contributed by atoms with van der Waals surface area (Å²) in [5.74, 6) is -0.481. The Morgan fingerprint density at radius 1 is 1.42 bits per heavy atom. The smallest absolute Gasteiger partial charge is 0.374 e. The molecule has 0 atom stereocenters. The van der Waals surface area contributed by atoms with Gasteiger partial charge in [-0.3, -0.25) is 4.40 Å². The second-order valence-corrected chi connectivity index (χ2v) is 4.64. The number of methoxy groups -OCH3 is 1. The van der Waals surface area contributed by atoms with Crippen LogP contribution in [0.25, 0.3) is 16.2 Å². The van der Waals surface area contributed by atoms with E-state index in [9.17, 15) is 4.79 Å². The molecule has 2 heterocycles. The number of fused-ring (bicyclic) bond motifs is 1. The fourth-order valence-electron chi connectivity index (χ4n) is 1.84. The molecule has 0 unspecified atom stereocenters.